The highest BCUT2D eigenvalue weighted by Crippen LogP contribution is 2.30. The van der Waals surface area contributed by atoms with Crippen LogP contribution in [0.2, 0.25) is 0 Å². The average molecular weight is 278 g/mol. The first-order valence-corrected chi connectivity index (χ1v) is 7.88. The molecule has 0 radical (unpaired) electrons. The Kier molecular flexibility index (Phi) is 4.73. The van der Waals surface area contributed by atoms with Gasteiger partial charge >= 0.3 is 0 Å². The van der Waals surface area contributed by atoms with Gasteiger partial charge in [0.05, 0.1) is 6.61 Å². The number of benzene rings is 2. The fourth-order valence-corrected chi connectivity index (χ4v) is 2.89. The van der Waals surface area contributed by atoms with Crippen LogP contribution < -0.4 is 4.74 Å². The van der Waals surface area contributed by atoms with Gasteiger partial charge in [0.15, 0.2) is 0 Å². The van der Waals surface area contributed by atoms with Crippen molar-refractivity contribution < 1.29 is 4.74 Å². The summed E-state index contributed by atoms with van der Waals surface area (Å²) in [6, 6.07) is 18.8. The van der Waals surface area contributed by atoms with Crippen molar-refractivity contribution in [3.63, 3.8) is 0 Å². The molecular formula is C20H22O. The van der Waals surface area contributed by atoms with Crippen LogP contribution in [0.3, 0.4) is 0 Å². The van der Waals surface area contributed by atoms with Crippen LogP contribution in [0.4, 0.5) is 0 Å². The number of hydrogen-bond acceptors (Lipinski definition) is 1. The summed E-state index contributed by atoms with van der Waals surface area (Å²) in [7, 11) is 0. The third kappa shape index (κ3) is 3.75. The minimum Gasteiger partial charge on any atom is -0.494 e. The molecule has 0 saturated carbocycles. The van der Waals surface area contributed by atoms with Crippen molar-refractivity contribution in [3.8, 4) is 5.75 Å². The second kappa shape index (κ2) is 7.12. The zero-order chi connectivity index (χ0) is 14.3. The van der Waals surface area contributed by atoms with Crippen molar-refractivity contribution in [2.24, 2.45) is 0 Å². The van der Waals surface area contributed by atoms with Gasteiger partial charge < -0.3 is 4.74 Å². The molecule has 3 rings (SSSR count). The van der Waals surface area contributed by atoms with Gasteiger partial charge in [-0.1, -0.05) is 48.5 Å². The van der Waals surface area contributed by atoms with Crippen LogP contribution in [0.1, 0.15) is 36.8 Å². The molecule has 0 bridgehead atoms. The third-order valence-electron chi connectivity index (χ3n) is 4.03. The fraction of sp³-hybridized carbons (Fsp3) is 0.300. The van der Waals surface area contributed by atoms with Crippen LogP contribution in [0.5, 0.6) is 5.75 Å². The number of rotatable bonds is 7. The van der Waals surface area contributed by atoms with E-state index >= 15 is 0 Å². The highest BCUT2D eigenvalue weighted by molar-refractivity contribution is 5.72. The summed E-state index contributed by atoms with van der Waals surface area (Å²) in [5, 5.41) is 0. The normalized spacial score (nSPS) is 12.9. The number of hydrogen-bond donors (Lipinski definition) is 0. The second-order valence-electron chi connectivity index (χ2n) is 5.56. The van der Waals surface area contributed by atoms with Gasteiger partial charge in [-0.3, -0.25) is 0 Å². The molecule has 0 heterocycles. The van der Waals surface area contributed by atoms with E-state index in [1.54, 1.807) is 0 Å². The summed E-state index contributed by atoms with van der Waals surface area (Å²) in [6.45, 7) is 0.819. The van der Waals surface area contributed by atoms with Gasteiger partial charge in [0.1, 0.15) is 5.75 Å². The lowest BCUT2D eigenvalue weighted by molar-refractivity contribution is 0.305. The van der Waals surface area contributed by atoms with Crippen molar-refractivity contribution in [3.05, 3.63) is 71.8 Å². The molecule has 0 spiro atoms. The van der Waals surface area contributed by atoms with E-state index in [4.69, 9.17) is 4.74 Å². The smallest absolute Gasteiger partial charge is 0.119 e. The highest BCUT2D eigenvalue weighted by Gasteiger charge is 2.12. The number of allylic oxidation sites excluding steroid dienone is 2. The zero-order valence-corrected chi connectivity index (χ0v) is 12.4. The standard InChI is InChI=1S/C20H22O/c1-4-11-19(12-5-1)21-16-8-2-3-9-17-14-15-18-10-6-7-13-20(17)18/h1,4-7,10-14H,2-3,8-9,15-16H2. The van der Waals surface area contributed by atoms with Crippen LogP contribution in [0, 0.1) is 0 Å². The van der Waals surface area contributed by atoms with Crippen LogP contribution in [-0.2, 0) is 6.42 Å². The molecule has 0 saturated heterocycles. The Balaban J connectivity index is 1.34. The van der Waals surface area contributed by atoms with Crippen molar-refractivity contribution in [1.29, 1.82) is 0 Å². The number of para-hydroxylation sites is 1. The predicted octanol–water partition coefficient (Wildman–Crippen LogP) is 5.27. The maximum absolute atomic E-state index is 5.72. The molecule has 0 unspecified atom stereocenters. The van der Waals surface area contributed by atoms with E-state index in [2.05, 4.69) is 30.3 Å². The lowest BCUT2D eigenvalue weighted by Crippen LogP contribution is -1.97. The van der Waals surface area contributed by atoms with Crippen LogP contribution >= 0.6 is 0 Å². The molecule has 0 aliphatic heterocycles. The van der Waals surface area contributed by atoms with Gasteiger partial charge in [-0.25, -0.2) is 0 Å². The lowest BCUT2D eigenvalue weighted by Gasteiger charge is -2.07. The first-order valence-electron chi connectivity index (χ1n) is 7.88. The van der Waals surface area contributed by atoms with E-state index in [0.29, 0.717) is 0 Å². The number of ether oxygens (including phenoxy) is 1. The number of unbranched alkanes of at least 4 members (excludes halogenated alkanes) is 2. The van der Waals surface area contributed by atoms with Gasteiger partial charge in [0.2, 0.25) is 0 Å². The third-order valence-corrected chi connectivity index (χ3v) is 4.03. The van der Waals surface area contributed by atoms with Gasteiger partial charge in [-0.15, -0.1) is 0 Å². The molecular weight excluding hydrogens is 256 g/mol. The van der Waals surface area contributed by atoms with E-state index < -0.39 is 0 Å². The van der Waals surface area contributed by atoms with Gasteiger partial charge in [0.25, 0.3) is 0 Å². The van der Waals surface area contributed by atoms with E-state index in [1.165, 1.54) is 36.0 Å². The molecule has 21 heavy (non-hydrogen) atoms. The molecule has 1 aliphatic carbocycles. The summed E-state index contributed by atoms with van der Waals surface area (Å²) in [5.41, 5.74) is 4.49. The summed E-state index contributed by atoms with van der Waals surface area (Å²) in [5.74, 6) is 0.977. The van der Waals surface area contributed by atoms with Crippen molar-refractivity contribution in [2.75, 3.05) is 6.61 Å². The molecule has 1 heteroatoms. The molecule has 0 amide bonds. The minimum atomic E-state index is 0.819. The van der Waals surface area contributed by atoms with E-state index in [0.717, 1.165) is 25.2 Å². The summed E-state index contributed by atoms with van der Waals surface area (Å²) < 4.78 is 5.72. The maximum Gasteiger partial charge on any atom is 0.119 e. The van der Waals surface area contributed by atoms with Crippen LogP contribution in [-0.4, -0.2) is 6.61 Å². The van der Waals surface area contributed by atoms with Crippen molar-refractivity contribution in [2.45, 2.75) is 32.1 Å². The minimum absolute atomic E-state index is 0.819. The van der Waals surface area contributed by atoms with Crippen LogP contribution in [0.25, 0.3) is 5.57 Å². The monoisotopic (exact) mass is 278 g/mol. The topological polar surface area (TPSA) is 9.23 Å². The van der Waals surface area contributed by atoms with Crippen molar-refractivity contribution >= 4 is 5.57 Å². The summed E-state index contributed by atoms with van der Waals surface area (Å²) >= 11 is 0. The molecule has 0 fully saturated rings. The van der Waals surface area contributed by atoms with Gasteiger partial charge in [-0.2, -0.15) is 0 Å². The Labute approximate surface area is 127 Å². The molecule has 0 aromatic heterocycles. The van der Waals surface area contributed by atoms with E-state index in [1.807, 2.05) is 30.3 Å². The quantitative estimate of drug-likeness (QED) is 0.627. The summed E-state index contributed by atoms with van der Waals surface area (Å²) in [6.07, 6.45) is 8.31. The Morgan fingerprint density at radius 3 is 2.52 bits per heavy atom. The fourth-order valence-electron chi connectivity index (χ4n) is 2.89. The molecule has 108 valence electrons. The average Bonchev–Trinajstić information content (AvgIpc) is 2.95. The lowest BCUT2D eigenvalue weighted by atomic mass is 10.0. The SMILES string of the molecule is C1=C(CCCCCOc2ccccc2)c2ccccc2C1. The molecule has 2 aromatic carbocycles. The van der Waals surface area contributed by atoms with Crippen molar-refractivity contribution in [1.82, 2.24) is 0 Å². The molecule has 0 N–H and O–H groups in total. The molecule has 0 atom stereocenters. The Bertz CT molecular complexity index is 598. The second-order valence-corrected chi connectivity index (χ2v) is 5.56. The van der Waals surface area contributed by atoms with Gasteiger partial charge in [0, 0.05) is 0 Å². The maximum atomic E-state index is 5.72. The Hall–Kier alpha value is -2.02. The first-order chi connectivity index (χ1) is 10.4. The van der Waals surface area contributed by atoms with E-state index in [9.17, 15) is 0 Å². The Morgan fingerprint density at radius 2 is 1.62 bits per heavy atom. The molecule has 2 aromatic rings. The first kappa shape index (κ1) is 13.9. The van der Waals surface area contributed by atoms with E-state index in [-0.39, 0.29) is 0 Å². The zero-order valence-electron chi connectivity index (χ0n) is 12.4. The number of fused-ring (bicyclic) bond motifs is 1. The highest BCUT2D eigenvalue weighted by atomic mass is 16.5. The molecule has 1 aliphatic rings. The largest absolute Gasteiger partial charge is 0.494 e. The molecule has 1 nitrogen and oxygen atoms in total. The summed E-state index contributed by atoms with van der Waals surface area (Å²) in [4.78, 5) is 0. The van der Waals surface area contributed by atoms with Gasteiger partial charge in [-0.05, 0) is 60.9 Å². The van der Waals surface area contributed by atoms with Crippen LogP contribution in [0.15, 0.2) is 60.7 Å². The Morgan fingerprint density at radius 1 is 0.810 bits per heavy atom. The predicted molar refractivity (Wildman–Crippen MR) is 88.5 cm³/mol.